The van der Waals surface area contributed by atoms with E-state index in [2.05, 4.69) is 4.74 Å². The summed E-state index contributed by atoms with van der Waals surface area (Å²) in [6, 6.07) is 0. The second-order valence-electron chi connectivity index (χ2n) is 0.804. The lowest BCUT2D eigenvalue weighted by Crippen LogP contribution is -1.89. The van der Waals surface area contributed by atoms with Crippen LogP contribution in [0.25, 0.3) is 0 Å². The van der Waals surface area contributed by atoms with Crippen LogP contribution in [0.1, 0.15) is 0 Å². The smallest absolute Gasteiger partial charge is 0.387 e. The van der Waals surface area contributed by atoms with Crippen LogP contribution in [0, 0.1) is 0 Å². The molecule has 0 rings (SSSR count). The van der Waals surface area contributed by atoms with E-state index >= 15 is 0 Å². The predicted octanol–water partition coefficient (Wildman–Crippen LogP) is 1.96. The maximum absolute atomic E-state index is 10.8. The van der Waals surface area contributed by atoms with Crippen molar-refractivity contribution in [1.29, 1.82) is 0 Å². The van der Waals surface area contributed by atoms with Gasteiger partial charge in [0.1, 0.15) is 0 Å². The summed E-state index contributed by atoms with van der Waals surface area (Å²) < 4.78 is 46.2. The third kappa shape index (κ3) is 5.26. The Balaban J connectivity index is 3.29. The van der Waals surface area contributed by atoms with Crippen LogP contribution >= 0.6 is 0 Å². The fourth-order valence-corrected chi connectivity index (χ4v) is 0.103. The lowest BCUT2D eigenvalue weighted by Gasteiger charge is -1.92. The number of rotatable bonds is 2. The Kier molecular flexibility index (Phi) is 2.98. The van der Waals surface area contributed by atoms with Crippen molar-refractivity contribution in [2.24, 2.45) is 0 Å². The SMILES string of the molecule is FC(F)=COC(F)F. The van der Waals surface area contributed by atoms with Crippen LogP contribution < -0.4 is 0 Å². The molecule has 0 N–H and O–H groups in total. The fourth-order valence-electron chi connectivity index (χ4n) is 0.103. The van der Waals surface area contributed by atoms with Crippen molar-refractivity contribution in [3.63, 3.8) is 0 Å². The normalized spacial score (nSPS) is 9.12. The molecule has 0 saturated heterocycles. The molecule has 48 valence electrons. The minimum absolute atomic E-state index is 0.301. The third-order valence-corrected chi connectivity index (χ3v) is 0.260. The molecule has 0 heterocycles. The van der Waals surface area contributed by atoms with E-state index in [9.17, 15) is 17.6 Å². The summed E-state index contributed by atoms with van der Waals surface area (Å²) in [6.07, 6.45) is -2.57. The molecule has 0 aliphatic heterocycles. The van der Waals surface area contributed by atoms with Gasteiger partial charge in [-0.2, -0.15) is 17.6 Å². The van der Waals surface area contributed by atoms with Gasteiger partial charge in [0.25, 0.3) is 0 Å². The lowest BCUT2D eigenvalue weighted by molar-refractivity contribution is -0.0862. The monoisotopic (exact) mass is 130 g/mol. The van der Waals surface area contributed by atoms with Gasteiger partial charge in [0.05, 0.1) is 0 Å². The van der Waals surface area contributed by atoms with Gasteiger partial charge in [-0.15, -0.1) is 0 Å². The molecular formula is C3H2F4O. The summed E-state index contributed by atoms with van der Waals surface area (Å²) in [5.41, 5.74) is 0. The molecule has 0 saturated carbocycles. The van der Waals surface area contributed by atoms with E-state index in [1.54, 1.807) is 0 Å². The fraction of sp³-hybridized carbons (Fsp3) is 0.333. The highest BCUT2D eigenvalue weighted by Gasteiger charge is 1.98. The number of alkyl halides is 2. The first-order valence-electron chi connectivity index (χ1n) is 1.57. The quantitative estimate of drug-likeness (QED) is 0.410. The van der Waals surface area contributed by atoms with Gasteiger partial charge in [-0.1, -0.05) is 0 Å². The average molecular weight is 130 g/mol. The van der Waals surface area contributed by atoms with Crippen molar-refractivity contribution in [1.82, 2.24) is 0 Å². The van der Waals surface area contributed by atoms with E-state index in [-0.39, 0.29) is 6.26 Å². The van der Waals surface area contributed by atoms with Gasteiger partial charge in [0, 0.05) is 0 Å². The lowest BCUT2D eigenvalue weighted by atomic mass is 11.0. The van der Waals surface area contributed by atoms with Crippen molar-refractivity contribution in [3.8, 4) is 0 Å². The van der Waals surface area contributed by atoms with E-state index in [0.717, 1.165) is 0 Å². The summed E-state index contributed by atoms with van der Waals surface area (Å²) >= 11 is 0. The topological polar surface area (TPSA) is 9.23 Å². The molecule has 0 aromatic rings. The van der Waals surface area contributed by atoms with Gasteiger partial charge >= 0.3 is 12.7 Å². The molecule has 0 aromatic heterocycles. The van der Waals surface area contributed by atoms with Gasteiger partial charge in [-0.3, -0.25) is 0 Å². The maximum Gasteiger partial charge on any atom is 0.387 e. The molecule has 0 atom stereocenters. The molecule has 0 bridgehead atoms. The molecule has 0 spiro atoms. The summed E-state index contributed by atoms with van der Waals surface area (Å²) in [6.45, 7) is -3.17. The molecule has 8 heavy (non-hydrogen) atoms. The maximum atomic E-state index is 10.8. The Bertz CT molecular complexity index is 85.3. The second kappa shape index (κ2) is 3.29. The highest BCUT2D eigenvalue weighted by Crippen LogP contribution is 2.01. The van der Waals surface area contributed by atoms with E-state index < -0.39 is 12.7 Å². The molecule has 0 radical (unpaired) electrons. The van der Waals surface area contributed by atoms with E-state index in [1.807, 2.05) is 0 Å². The Morgan fingerprint density at radius 2 is 1.88 bits per heavy atom. The highest BCUT2D eigenvalue weighted by atomic mass is 19.3. The number of ether oxygens (including phenoxy) is 1. The Labute approximate surface area is 42.6 Å². The van der Waals surface area contributed by atoms with E-state index in [4.69, 9.17) is 0 Å². The molecular weight excluding hydrogens is 128 g/mol. The third-order valence-electron chi connectivity index (χ3n) is 0.260. The minimum Gasteiger partial charge on any atom is -0.437 e. The average Bonchev–Trinajstić information content (AvgIpc) is 1.61. The number of hydrogen-bond donors (Lipinski definition) is 0. The molecule has 1 nitrogen and oxygen atoms in total. The standard InChI is InChI=1S/C3H2F4O/c4-2(5)1-8-3(6)7/h1,3H. The first-order valence-corrected chi connectivity index (χ1v) is 1.57. The van der Waals surface area contributed by atoms with Gasteiger partial charge in [-0.25, -0.2) is 0 Å². The molecule has 0 aromatic carbocycles. The molecule has 0 fully saturated rings. The second-order valence-corrected chi connectivity index (χ2v) is 0.804. The Morgan fingerprint density at radius 1 is 1.38 bits per heavy atom. The van der Waals surface area contributed by atoms with Crippen LogP contribution in [0.2, 0.25) is 0 Å². The zero-order valence-corrected chi connectivity index (χ0v) is 3.57. The first-order chi connectivity index (χ1) is 3.63. The number of hydrogen-bond acceptors (Lipinski definition) is 1. The highest BCUT2D eigenvalue weighted by molar-refractivity contribution is 4.68. The predicted molar refractivity (Wildman–Crippen MR) is 17.4 cm³/mol. The van der Waals surface area contributed by atoms with Gasteiger partial charge in [0.15, 0.2) is 6.26 Å². The molecule has 0 unspecified atom stereocenters. The summed E-state index contributed by atoms with van der Waals surface area (Å²) in [5.74, 6) is 0. The molecule has 5 heteroatoms. The van der Waals surface area contributed by atoms with Gasteiger partial charge in [0.2, 0.25) is 0 Å². The summed E-state index contributed by atoms with van der Waals surface area (Å²) in [7, 11) is 0. The largest absolute Gasteiger partial charge is 0.437 e. The van der Waals surface area contributed by atoms with Crippen molar-refractivity contribution < 1.29 is 22.3 Å². The minimum atomic E-state index is -3.17. The van der Waals surface area contributed by atoms with Crippen LogP contribution in [-0.2, 0) is 4.74 Å². The van der Waals surface area contributed by atoms with E-state index in [0.29, 0.717) is 0 Å². The first kappa shape index (κ1) is 7.26. The molecule has 0 aliphatic rings. The van der Waals surface area contributed by atoms with Crippen molar-refractivity contribution in [2.75, 3.05) is 0 Å². The van der Waals surface area contributed by atoms with Crippen molar-refractivity contribution in [3.05, 3.63) is 12.3 Å². The van der Waals surface area contributed by atoms with Crippen LogP contribution in [0.5, 0.6) is 0 Å². The van der Waals surface area contributed by atoms with Crippen LogP contribution in [-0.4, -0.2) is 6.61 Å². The van der Waals surface area contributed by atoms with Gasteiger partial charge < -0.3 is 4.74 Å². The summed E-state index contributed by atoms with van der Waals surface area (Å²) in [5, 5.41) is 0. The van der Waals surface area contributed by atoms with Crippen LogP contribution in [0.4, 0.5) is 17.6 Å². The number of halogens is 4. The van der Waals surface area contributed by atoms with E-state index in [1.165, 1.54) is 0 Å². The van der Waals surface area contributed by atoms with Crippen molar-refractivity contribution in [2.45, 2.75) is 6.61 Å². The van der Waals surface area contributed by atoms with Crippen LogP contribution in [0.15, 0.2) is 12.3 Å². The zero-order valence-electron chi connectivity index (χ0n) is 3.57. The van der Waals surface area contributed by atoms with Crippen molar-refractivity contribution >= 4 is 0 Å². The zero-order chi connectivity index (χ0) is 6.57. The Hall–Kier alpha value is -0.740. The molecule has 0 aliphatic carbocycles. The Morgan fingerprint density at radius 3 is 2.00 bits per heavy atom. The summed E-state index contributed by atoms with van der Waals surface area (Å²) in [4.78, 5) is 0. The van der Waals surface area contributed by atoms with Crippen LogP contribution in [0.3, 0.4) is 0 Å². The van der Waals surface area contributed by atoms with Gasteiger partial charge in [-0.05, 0) is 0 Å². The molecule has 0 amide bonds.